The average Bonchev–Trinajstić information content (AvgIpc) is 2.53. The van der Waals surface area contributed by atoms with Crippen molar-refractivity contribution in [3.05, 3.63) is 70.7 Å². The van der Waals surface area contributed by atoms with Crippen molar-refractivity contribution in [3.63, 3.8) is 0 Å². The predicted octanol–water partition coefficient (Wildman–Crippen LogP) is 5.34. The Morgan fingerprint density at radius 3 is 1.86 bits per heavy atom. The molecule has 0 spiro atoms. The van der Waals surface area contributed by atoms with Crippen molar-refractivity contribution in [3.8, 4) is 0 Å². The Balaban J connectivity index is 2.28. The van der Waals surface area contributed by atoms with Crippen LogP contribution in [0.25, 0.3) is 0 Å². The molecule has 0 heterocycles. The molecule has 1 nitrogen and oxygen atoms in total. The van der Waals surface area contributed by atoms with E-state index in [-0.39, 0.29) is 0 Å². The third-order valence-electron chi connectivity index (χ3n) is 3.03. The molecule has 2 aromatic rings. The van der Waals surface area contributed by atoms with E-state index in [1.165, 1.54) is 0 Å². The van der Waals surface area contributed by atoms with Crippen LogP contribution < -0.4 is 0 Å². The Morgan fingerprint density at radius 1 is 0.773 bits per heavy atom. The fourth-order valence-corrected chi connectivity index (χ4v) is 2.06. The summed E-state index contributed by atoms with van der Waals surface area (Å²) in [5.74, 6) is 0. The first-order chi connectivity index (χ1) is 10.5. The van der Waals surface area contributed by atoms with Crippen LogP contribution >= 0.6 is 11.6 Å². The zero-order valence-corrected chi connectivity index (χ0v) is 12.1. The van der Waals surface area contributed by atoms with Crippen LogP contribution in [0.5, 0.6) is 0 Å². The van der Waals surface area contributed by atoms with Crippen LogP contribution in [-0.4, -0.2) is 19.0 Å². The largest absolute Gasteiger partial charge is 0.333 e. The molecule has 2 aromatic carbocycles. The molecule has 0 aliphatic carbocycles. The topological polar surface area (TPSA) is 9.23 Å². The SMILES string of the molecule is FC(F)C(F)C(F)OC(c1ccccc1)c1ccc(Cl)cc1. The summed E-state index contributed by atoms with van der Waals surface area (Å²) in [6.45, 7) is 0. The van der Waals surface area contributed by atoms with Gasteiger partial charge in [0, 0.05) is 5.02 Å². The molecular weight excluding hydrogens is 320 g/mol. The number of hydrogen-bond acceptors (Lipinski definition) is 1. The van der Waals surface area contributed by atoms with Gasteiger partial charge < -0.3 is 4.74 Å². The monoisotopic (exact) mass is 332 g/mol. The standard InChI is InChI=1S/C16H13ClF4O/c17-12-8-6-11(7-9-12)14(10-4-2-1-3-5-10)22-16(21)13(18)15(19)20/h1-9,13-16H. The second-order valence-corrected chi connectivity index (χ2v) is 5.04. The first-order valence-corrected chi connectivity index (χ1v) is 6.89. The normalized spacial score (nSPS) is 15.5. The van der Waals surface area contributed by atoms with Gasteiger partial charge in [-0.15, -0.1) is 0 Å². The number of ether oxygens (including phenoxy) is 1. The third-order valence-corrected chi connectivity index (χ3v) is 3.28. The molecule has 0 bridgehead atoms. The molecule has 0 N–H and O–H groups in total. The summed E-state index contributed by atoms with van der Waals surface area (Å²) in [5.41, 5.74) is 1.01. The van der Waals surface area contributed by atoms with Gasteiger partial charge in [0.2, 0.25) is 12.5 Å². The lowest BCUT2D eigenvalue weighted by Gasteiger charge is -2.23. The van der Waals surface area contributed by atoms with E-state index in [9.17, 15) is 17.6 Å². The maximum Gasteiger partial charge on any atom is 0.274 e. The number of benzene rings is 2. The maximum atomic E-state index is 13.6. The first kappa shape index (κ1) is 16.8. The lowest BCUT2D eigenvalue weighted by Crippen LogP contribution is -2.29. The van der Waals surface area contributed by atoms with Gasteiger partial charge in [-0.25, -0.2) is 17.6 Å². The Morgan fingerprint density at radius 2 is 1.32 bits per heavy atom. The summed E-state index contributed by atoms with van der Waals surface area (Å²) in [7, 11) is 0. The molecule has 0 aliphatic heterocycles. The fourth-order valence-electron chi connectivity index (χ4n) is 1.93. The highest BCUT2D eigenvalue weighted by atomic mass is 35.5. The van der Waals surface area contributed by atoms with Crippen LogP contribution in [0, 0.1) is 0 Å². The van der Waals surface area contributed by atoms with Gasteiger partial charge in [0.25, 0.3) is 6.43 Å². The van der Waals surface area contributed by atoms with E-state index < -0.39 is 25.1 Å². The lowest BCUT2D eigenvalue weighted by molar-refractivity contribution is -0.147. The minimum atomic E-state index is -3.45. The van der Waals surface area contributed by atoms with Crippen molar-refractivity contribution in [2.75, 3.05) is 0 Å². The van der Waals surface area contributed by atoms with Crippen LogP contribution in [0.3, 0.4) is 0 Å². The van der Waals surface area contributed by atoms with Crippen molar-refractivity contribution < 1.29 is 22.3 Å². The van der Waals surface area contributed by atoms with Crippen LogP contribution in [0.4, 0.5) is 17.6 Å². The van der Waals surface area contributed by atoms with Crippen LogP contribution in [-0.2, 0) is 4.74 Å². The summed E-state index contributed by atoms with van der Waals surface area (Å²) >= 11 is 5.79. The van der Waals surface area contributed by atoms with Crippen molar-refractivity contribution in [2.24, 2.45) is 0 Å². The molecule has 0 aliphatic rings. The highest BCUT2D eigenvalue weighted by Gasteiger charge is 2.33. The van der Waals surface area contributed by atoms with E-state index in [4.69, 9.17) is 16.3 Å². The van der Waals surface area contributed by atoms with Gasteiger partial charge >= 0.3 is 0 Å². The molecule has 0 saturated heterocycles. The molecule has 2 rings (SSSR count). The average molecular weight is 333 g/mol. The second-order valence-electron chi connectivity index (χ2n) is 4.61. The summed E-state index contributed by atoms with van der Waals surface area (Å²) in [6.07, 6.45) is -10.2. The Kier molecular flexibility index (Phi) is 5.80. The van der Waals surface area contributed by atoms with Gasteiger partial charge in [-0.2, -0.15) is 0 Å². The van der Waals surface area contributed by atoms with Crippen LogP contribution in [0.1, 0.15) is 17.2 Å². The van der Waals surface area contributed by atoms with E-state index in [0.29, 0.717) is 16.1 Å². The van der Waals surface area contributed by atoms with Crippen LogP contribution in [0.15, 0.2) is 54.6 Å². The Labute approximate surface area is 130 Å². The summed E-state index contributed by atoms with van der Waals surface area (Å²) in [4.78, 5) is 0. The highest BCUT2D eigenvalue weighted by molar-refractivity contribution is 6.30. The number of rotatable bonds is 6. The van der Waals surface area contributed by atoms with E-state index in [1.807, 2.05) is 0 Å². The highest BCUT2D eigenvalue weighted by Crippen LogP contribution is 2.30. The first-order valence-electron chi connectivity index (χ1n) is 6.51. The van der Waals surface area contributed by atoms with Gasteiger partial charge in [0.05, 0.1) is 0 Å². The molecule has 118 valence electrons. The molecule has 0 aromatic heterocycles. The van der Waals surface area contributed by atoms with Gasteiger partial charge in [0.1, 0.15) is 6.10 Å². The van der Waals surface area contributed by atoms with Crippen molar-refractivity contribution in [2.45, 2.75) is 25.1 Å². The van der Waals surface area contributed by atoms with E-state index >= 15 is 0 Å². The summed E-state index contributed by atoms with van der Waals surface area (Å²) < 4.78 is 56.2. The van der Waals surface area contributed by atoms with Crippen molar-refractivity contribution in [1.29, 1.82) is 0 Å². The number of halogens is 5. The van der Waals surface area contributed by atoms with E-state index in [2.05, 4.69) is 0 Å². The Hall–Kier alpha value is -1.59. The van der Waals surface area contributed by atoms with Crippen LogP contribution in [0.2, 0.25) is 5.02 Å². The molecular formula is C16H13ClF4O. The minimum absolute atomic E-state index is 0.461. The number of alkyl halides is 4. The van der Waals surface area contributed by atoms with Gasteiger partial charge in [-0.1, -0.05) is 54.1 Å². The van der Waals surface area contributed by atoms with Crippen molar-refractivity contribution >= 4 is 11.6 Å². The molecule has 22 heavy (non-hydrogen) atoms. The molecule has 0 amide bonds. The number of hydrogen-bond donors (Lipinski definition) is 0. The smallest absolute Gasteiger partial charge is 0.274 e. The molecule has 3 unspecified atom stereocenters. The Bertz CT molecular complexity index is 576. The molecule has 6 heteroatoms. The predicted molar refractivity (Wildman–Crippen MR) is 76.6 cm³/mol. The third kappa shape index (κ3) is 4.21. The maximum absolute atomic E-state index is 13.6. The van der Waals surface area contributed by atoms with Gasteiger partial charge in [0.15, 0.2) is 0 Å². The van der Waals surface area contributed by atoms with E-state index in [0.717, 1.165) is 0 Å². The molecule has 3 atom stereocenters. The molecule has 0 radical (unpaired) electrons. The molecule has 0 fully saturated rings. The lowest BCUT2D eigenvalue weighted by atomic mass is 10.0. The van der Waals surface area contributed by atoms with Crippen molar-refractivity contribution in [1.82, 2.24) is 0 Å². The fraction of sp³-hybridized carbons (Fsp3) is 0.250. The molecule has 0 saturated carbocycles. The van der Waals surface area contributed by atoms with Gasteiger partial charge in [-0.3, -0.25) is 0 Å². The summed E-state index contributed by atoms with van der Waals surface area (Å²) in [5, 5.41) is 0.461. The quantitative estimate of drug-likeness (QED) is 0.648. The van der Waals surface area contributed by atoms with Gasteiger partial charge in [-0.05, 0) is 23.3 Å². The summed E-state index contributed by atoms with van der Waals surface area (Å²) in [6, 6.07) is 14.7. The zero-order valence-electron chi connectivity index (χ0n) is 11.3. The minimum Gasteiger partial charge on any atom is -0.333 e. The van der Waals surface area contributed by atoms with E-state index in [1.54, 1.807) is 54.6 Å². The zero-order chi connectivity index (χ0) is 16.1. The second kappa shape index (κ2) is 7.61.